The van der Waals surface area contributed by atoms with Crippen molar-refractivity contribution in [3.05, 3.63) is 39.7 Å². The molecule has 0 spiro atoms. The lowest BCUT2D eigenvalue weighted by molar-refractivity contribution is -0.385. The molecule has 0 aliphatic carbocycles. The molecule has 1 aromatic carbocycles. The predicted octanol–water partition coefficient (Wildman–Crippen LogP) is 4.89. The standard InChI is InChI=1S/C21H30FN3O3Si/c1-14(2)29(15(3)4,16(5)6)12-10-21(9-11-28-20(23)24-21)18-13-17(25(26)27)7-8-19(18)22/h7-8,13-16H,9,11H2,1-6H3,(H2,23,24)/t21-/m1/s1. The molecule has 1 atom stereocenters. The van der Waals surface area contributed by atoms with E-state index in [1.165, 1.54) is 6.07 Å². The number of halogens is 1. The molecule has 158 valence electrons. The summed E-state index contributed by atoms with van der Waals surface area (Å²) in [5, 5.41) is 11.3. The van der Waals surface area contributed by atoms with Crippen LogP contribution in [0.15, 0.2) is 23.2 Å². The minimum Gasteiger partial charge on any atom is -0.465 e. The summed E-state index contributed by atoms with van der Waals surface area (Å²) in [6.45, 7) is 13.3. The van der Waals surface area contributed by atoms with Crippen molar-refractivity contribution in [3.8, 4) is 11.5 Å². The summed E-state index contributed by atoms with van der Waals surface area (Å²) in [7, 11) is -2.13. The van der Waals surface area contributed by atoms with Gasteiger partial charge in [0, 0.05) is 24.1 Å². The number of amidine groups is 1. The van der Waals surface area contributed by atoms with Gasteiger partial charge in [-0.1, -0.05) is 47.5 Å². The fourth-order valence-electron chi connectivity index (χ4n) is 4.52. The smallest absolute Gasteiger partial charge is 0.283 e. The number of aliphatic imine (C=N–C) groups is 1. The number of ether oxygens (including phenoxy) is 1. The maximum atomic E-state index is 14.9. The van der Waals surface area contributed by atoms with Crippen molar-refractivity contribution in [2.24, 2.45) is 10.7 Å². The predicted molar refractivity (Wildman–Crippen MR) is 116 cm³/mol. The fraction of sp³-hybridized carbons (Fsp3) is 0.571. The SMILES string of the molecule is CC(C)[Si](C#C[C@@]1(c2cc([N+](=O)[O-])ccc2F)CCOC(N)=N1)(C(C)C)C(C)C. The van der Waals surface area contributed by atoms with Crippen molar-refractivity contribution in [3.63, 3.8) is 0 Å². The Bertz CT molecular complexity index is 852. The summed E-state index contributed by atoms with van der Waals surface area (Å²) in [5.74, 6) is 2.69. The average molecular weight is 420 g/mol. The molecule has 2 rings (SSSR count). The second-order valence-corrected chi connectivity index (χ2v) is 14.1. The fourth-order valence-corrected chi connectivity index (χ4v) is 9.81. The second kappa shape index (κ2) is 8.53. The molecular weight excluding hydrogens is 389 g/mol. The zero-order chi connectivity index (χ0) is 22.0. The molecule has 6 nitrogen and oxygen atoms in total. The maximum absolute atomic E-state index is 14.9. The van der Waals surface area contributed by atoms with Gasteiger partial charge in [0.05, 0.1) is 11.5 Å². The van der Waals surface area contributed by atoms with Gasteiger partial charge >= 0.3 is 0 Å². The summed E-state index contributed by atoms with van der Waals surface area (Å²) in [4.78, 5) is 15.1. The Kier molecular flexibility index (Phi) is 6.73. The first-order valence-corrected chi connectivity index (χ1v) is 12.2. The van der Waals surface area contributed by atoms with Gasteiger partial charge in [0.25, 0.3) is 11.7 Å². The van der Waals surface area contributed by atoms with Crippen LogP contribution in [0.2, 0.25) is 16.6 Å². The molecule has 29 heavy (non-hydrogen) atoms. The van der Waals surface area contributed by atoms with E-state index in [9.17, 15) is 14.5 Å². The van der Waals surface area contributed by atoms with Crippen LogP contribution in [-0.4, -0.2) is 25.6 Å². The van der Waals surface area contributed by atoms with Crippen molar-refractivity contribution in [1.82, 2.24) is 0 Å². The minimum atomic E-state index is -2.13. The van der Waals surface area contributed by atoms with Crippen molar-refractivity contribution in [1.29, 1.82) is 0 Å². The lowest BCUT2D eigenvalue weighted by Gasteiger charge is -2.39. The molecule has 0 bridgehead atoms. The van der Waals surface area contributed by atoms with Crippen LogP contribution >= 0.6 is 0 Å². The summed E-state index contributed by atoms with van der Waals surface area (Å²) in [6, 6.07) is 3.37. The number of non-ortho nitro benzene ring substituents is 1. The van der Waals surface area contributed by atoms with Gasteiger partial charge in [-0.05, 0) is 22.7 Å². The monoisotopic (exact) mass is 419 g/mol. The van der Waals surface area contributed by atoms with Crippen molar-refractivity contribution in [2.75, 3.05) is 6.61 Å². The van der Waals surface area contributed by atoms with E-state index in [1.54, 1.807) is 0 Å². The van der Waals surface area contributed by atoms with Gasteiger partial charge in [-0.15, -0.1) is 5.54 Å². The van der Waals surface area contributed by atoms with Crippen molar-refractivity contribution < 1.29 is 14.1 Å². The molecule has 0 unspecified atom stereocenters. The molecule has 0 saturated heterocycles. The topological polar surface area (TPSA) is 90.8 Å². The third-order valence-corrected chi connectivity index (χ3v) is 12.3. The quantitative estimate of drug-likeness (QED) is 0.318. The van der Waals surface area contributed by atoms with E-state index < -0.39 is 24.4 Å². The lowest BCUT2D eigenvalue weighted by atomic mass is 9.87. The molecule has 8 heteroatoms. The first-order valence-electron chi connectivity index (χ1n) is 9.93. The van der Waals surface area contributed by atoms with E-state index in [0.29, 0.717) is 16.6 Å². The Morgan fingerprint density at radius 3 is 2.31 bits per heavy atom. The summed E-state index contributed by atoms with van der Waals surface area (Å²) in [6.07, 6.45) is 0.275. The number of nitro groups is 1. The zero-order valence-corrected chi connectivity index (χ0v) is 19.0. The number of benzene rings is 1. The van der Waals surface area contributed by atoms with Crippen molar-refractivity contribution >= 4 is 19.8 Å². The number of nitrogens with zero attached hydrogens (tertiary/aromatic N) is 2. The summed E-state index contributed by atoms with van der Waals surface area (Å²) >= 11 is 0. The Hall–Kier alpha value is -2.40. The van der Waals surface area contributed by atoms with Crippen molar-refractivity contribution in [2.45, 2.75) is 70.1 Å². The number of rotatable bonds is 5. The van der Waals surface area contributed by atoms with Gasteiger partial charge in [0.1, 0.15) is 13.9 Å². The Balaban J connectivity index is 2.78. The third-order valence-electron chi connectivity index (χ3n) is 5.97. The van der Waals surface area contributed by atoms with Gasteiger partial charge in [0.2, 0.25) is 0 Å². The highest BCUT2D eigenvalue weighted by Crippen LogP contribution is 2.42. The molecule has 1 aromatic rings. The minimum absolute atomic E-state index is 0.0737. The number of hydrogen-bond acceptors (Lipinski definition) is 5. The highest BCUT2D eigenvalue weighted by Gasteiger charge is 2.43. The van der Waals surface area contributed by atoms with Crippen LogP contribution in [0.5, 0.6) is 0 Å². The van der Waals surface area contributed by atoms with Crippen LogP contribution in [0.25, 0.3) is 0 Å². The third kappa shape index (κ3) is 4.30. The molecule has 0 fully saturated rings. The maximum Gasteiger partial charge on any atom is 0.283 e. The molecule has 0 radical (unpaired) electrons. The van der Waals surface area contributed by atoms with Crippen LogP contribution in [0.3, 0.4) is 0 Å². The Morgan fingerprint density at radius 1 is 1.24 bits per heavy atom. The van der Waals surface area contributed by atoms with Crippen LogP contribution in [-0.2, 0) is 10.3 Å². The van der Waals surface area contributed by atoms with Gasteiger partial charge in [-0.2, -0.15) is 0 Å². The van der Waals surface area contributed by atoms with Crippen LogP contribution in [0.4, 0.5) is 10.1 Å². The first kappa shape index (κ1) is 22.9. The lowest BCUT2D eigenvalue weighted by Crippen LogP contribution is -2.44. The normalized spacial score (nSPS) is 19.6. The highest BCUT2D eigenvalue weighted by molar-refractivity contribution is 6.90. The van der Waals surface area contributed by atoms with E-state index in [4.69, 9.17) is 10.5 Å². The van der Waals surface area contributed by atoms with E-state index >= 15 is 0 Å². The molecule has 0 saturated carbocycles. The highest BCUT2D eigenvalue weighted by atomic mass is 28.3. The van der Waals surface area contributed by atoms with E-state index in [1.807, 2.05) is 0 Å². The van der Waals surface area contributed by atoms with Gasteiger partial charge in [-0.3, -0.25) is 10.1 Å². The summed E-state index contributed by atoms with van der Waals surface area (Å²) in [5.41, 5.74) is 9.11. The van der Waals surface area contributed by atoms with E-state index in [2.05, 4.69) is 58.0 Å². The largest absolute Gasteiger partial charge is 0.465 e. The van der Waals surface area contributed by atoms with Crippen LogP contribution in [0.1, 0.15) is 53.5 Å². The zero-order valence-electron chi connectivity index (χ0n) is 18.0. The van der Waals surface area contributed by atoms with Gasteiger partial charge in [-0.25, -0.2) is 9.38 Å². The van der Waals surface area contributed by atoms with Gasteiger partial charge in [0.15, 0.2) is 5.54 Å². The van der Waals surface area contributed by atoms with Crippen LogP contribution < -0.4 is 5.73 Å². The molecule has 0 amide bonds. The number of nitro benzene ring substituents is 1. The molecule has 0 aromatic heterocycles. The molecular formula is C21H30FN3O3Si. The molecule has 1 aliphatic rings. The number of hydrogen-bond donors (Lipinski definition) is 1. The second-order valence-electron chi connectivity index (χ2n) is 8.48. The van der Waals surface area contributed by atoms with E-state index in [-0.39, 0.29) is 30.3 Å². The molecule has 2 N–H and O–H groups in total. The van der Waals surface area contributed by atoms with E-state index in [0.717, 1.165) is 12.1 Å². The molecule has 1 heterocycles. The Labute approximate surface area is 172 Å². The Morgan fingerprint density at radius 2 is 1.83 bits per heavy atom. The average Bonchev–Trinajstić information content (AvgIpc) is 2.61. The number of nitrogens with two attached hydrogens (primary N) is 1. The molecule has 1 aliphatic heterocycles. The summed E-state index contributed by atoms with van der Waals surface area (Å²) < 4.78 is 20.1. The first-order chi connectivity index (χ1) is 13.5. The van der Waals surface area contributed by atoms with Gasteiger partial charge < -0.3 is 10.5 Å². The van der Waals surface area contributed by atoms with Crippen LogP contribution in [0, 0.1) is 27.4 Å².